The Hall–Kier alpha value is -3.76. The summed E-state index contributed by atoms with van der Waals surface area (Å²) in [5.74, 6) is -1.19. The van der Waals surface area contributed by atoms with E-state index in [4.69, 9.17) is 0 Å². The molecule has 3 heterocycles. The van der Waals surface area contributed by atoms with Gasteiger partial charge in [-0.05, 0) is 30.3 Å². The quantitative estimate of drug-likeness (QED) is 0.384. The number of carbonyl (C=O) groups is 2. The molecule has 33 heavy (non-hydrogen) atoms. The summed E-state index contributed by atoms with van der Waals surface area (Å²) in [6.07, 6.45) is 6.31. The highest BCUT2D eigenvalue weighted by molar-refractivity contribution is 7.14. The normalized spacial score (nSPS) is 11.0. The number of nitrogens with one attached hydrogen (secondary N) is 1. The van der Waals surface area contributed by atoms with Gasteiger partial charge in [0, 0.05) is 41.7 Å². The second-order valence-corrected chi connectivity index (χ2v) is 8.55. The first-order valence-corrected chi connectivity index (χ1v) is 11.6. The van der Waals surface area contributed by atoms with Crippen LogP contribution in [-0.2, 0) is 16.1 Å². The molecule has 0 fully saturated rings. The number of thiazole rings is 2. The predicted molar refractivity (Wildman–Crippen MR) is 128 cm³/mol. The minimum atomic E-state index is -0.520. The van der Waals surface area contributed by atoms with E-state index in [1.807, 2.05) is 17.5 Å². The number of aromatic nitrogens is 3. The summed E-state index contributed by atoms with van der Waals surface area (Å²) < 4.78 is 14.2. The molecular weight excluding hydrogens is 461 g/mol. The summed E-state index contributed by atoms with van der Waals surface area (Å²) in [5.41, 5.74) is 2.42. The SMILES string of the molecule is CC(=O)N(c1nc(/C=C/C(=O)NCc2nc(-c3ccncc3)cs2)cs1)c1ccccc1F. The average molecular weight is 480 g/mol. The zero-order valence-electron chi connectivity index (χ0n) is 17.4. The van der Waals surface area contributed by atoms with Crippen LogP contribution in [0.1, 0.15) is 17.6 Å². The van der Waals surface area contributed by atoms with Gasteiger partial charge in [0.2, 0.25) is 11.8 Å². The zero-order valence-corrected chi connectivity index (χ0v) is 19.1. The molecule has 166 valence electrons. The Bertz CT molecular complexity index is 1300. The highest BCUT2D eigenvalue weighted by Crippen LogP contribution is 2.31. The van der Waals surface area contributed by atoms with Crippen molar-refractivity contribution in [1.82, 2.24) is 20.3 Å². The van der Waals surface area contributed by atoms with Gasteiger partial charge >= 0.3 is 0 Å². The molecule has 0 radical (unpaired) electrons. The van der Waals surface area contributed by atoms with Crippen molar-refractivity contribution < 1.29 is 14.0 Å². The van der Waals surface area contributed by atoms with E-state index in [1.54, 1.807) is 36.0 Å². The summed E-state index contributed by atoms with van der Waals surface area (Å²) in [5, 5.41) is 7.51. The molecule has 4 aromatic rings. The molecule has 0 bridgehead atoms. The number of benzene rings is 1. The summed E-state index contributed by atoms with van der Waals surface area (Å²) in [4.78, 5) is 38.4. The maximum Gasteiger partial charge on any atom is 0.244 e. The lowest BCUT2D eigenvalue weighted by Gasteiger charge is -2.18. The standard InChI is InChI=1S/C23H18FN5O2S2/c1-15(30)29(20-5-3-2-4-18(20)24)23-27-17(13-33-23)6-7-21(31)26-12-22-28-19(14-32-22)16-8-10-25-11-9-16/h2-11,13-14H,12H2,1H3,(H,26,31)/b7-6+. The van der Waals surface area contributed by atoms with Gasteiger partial charge in [0.05, 0.1) is 23.6 Å². The first-order chi connectivity index (χ1) is 16.0. The van der Waals surface area contributed by atoms with Crippen LogP contribution in [0.4, 0.5) is 15.2 Å². The van der Waals surface area contributed by atoms with E-state index < -0.39 is 5.82 Å². The van der Waals surface area contributed by atoms with E-state index in [1.165, 1.54) is 52.7 Å². The smallest absolute Gasteiger partial charge is 0.244 e. The number of rotatable bonds is 7. The molecule has 4 rings (SSSR count). The lowest BCUT2D eigenvalue weighted by molar-refractivity contribution is -0.117. The molecule has 10 heteroatoms. The fraction of sp³-hybridized carbons (Fsp3) is 0.0870. The molecular formula is C23H18FN5O2S2. The largest absolute Gasteiger partial charge is 0.346 e. The highest BCUT2D eigenvalue weighted by atomic mass is 32.1. The molecule has 0 aliphatic rings. The van der Waals surface area contributed by atoms with E-state index in [2.05, 4.69) is 20.3 Å². The molecule has 0 saturated carbocycles. The Kier molecular flexibility index (Phi) is 6.96. The third-order valence-corrected chi connectivity index (χ3v) is 6.15. The van der Waals surface area contributed by atoms with Crippen molar-refractivity contribution in [1.29, 1.82) is 0 Å². The van der Waals surface area contributed by atoms with Gasteiger partial charge in [0.1, 0.15) is 10.8 Å². The minimum absolute atomic E-state index is 0.127. The van der Waals surface area contributed by atoms with E-state index in [0.717, 1.165) is 16.3 Å². The van der Waals surface area contributed by atoms with Crippen LogP contribution in [0, 0.1) is 5.82 Å². The van der Waals surface area contributed by atoms with Gasteiger partial charge in [-0.3, -0.25) is 19.5 Å². The molecule has 0 unspecified atom stereocenters. The second kappa shape index (κ2) is 10.2. The molecule has 0 atom stereocenters. The van der Waals surface area contributed by atoms with Gasteiger partial charge in [-0.1, -0.05) is 12.1 Å². The van der Waals surface area contributed by atoms with Crippen molar-refractivity contribution >= 4 is 51.4 Å². The summed E-state index contributed by atoms with van der Waals surface area (Å²) in [6, 6.07) is 9.75. The van der Waals surface area contributed by atoms with Crippen molar-refractivity contribution in [3.05, 3.63) is 82.1 Å². The number of carbonyl (C=O) groups excluding carboxylic acids is 2. The van der Waals surface area contributed by atoms with Gasteiger partial charge in [-0.2, -0.15) is 0 Å². The minimum Gasteiger partial charge on any atom is -0.346 e. The van der Waals surface area contributed by atoms with Crippen molar-refractivity contribution in [2.24, 2.45) is 0 Å². The van der Waals surface area contributed by atoms with Crippen molar-refractivity contribution in [2.45, 2.75) is 13.5 Å². The fourth-order valence-electron chi connectivity index (χ4n) is 2.93. The molecule has 0 aliphatic carbocycles. The number of halogens is 1. The number of anilines is 2. The Balaban J connectivity index is 1.38. The molecule has 3 aromatic heterocycles. The predicted octanol–water partition coefficient (Wildman–Crippen LogP) is 4.81. The number of amides is 2. The monoisotopic (exact) mass is 479 g/mol. The molecule has 1 aromatic carbocycles. The van der Waals surface area contributed by atoms with Crippen LogP contribution in [0.25, 0.3) is 17.3 Å². The molecule has 0 spiro atoms. The topological polar surface area (TPSA) is 88.1 Å². The maximum atomic E-state index is 14.2. The van der Waals surface area contributed by atoms with Gasteiger partial charge in [-0.15, -0.1) is 22.7 Å². The molecule has 1 N–H and O–H groups in total. The Labute approximate surface area is 197 Å². The van der Waals surface area contributed by atoms with Gasteiger partial charge in [0.25, 0.3) is 0 Å². The van der Waals surface area contributed by atoms with Crippen LogP contribution in [0.5, 0.6) is 0 Å². The first kappa shape index (κ1) is 22.4. The van der Waals surface area contributed by atoms with Crippen molar-refractivity contribution in [3.8, 4) is 11.3 Å². The third-order valence-electron chi connectivity index (χ3n) is 4.46. The van der Waals surface area contributed by atoms with E-state index >= 15 is 0 Å². The van der Waals surface area contributed by atoms with Gasteiger partial charge in [0.15, 0.2) is 5.13 Å². The van der Waals surface area contributed by atoms with Gasteiger partial charge < -0.3 is 5.32 Å². The van der Waals surface area contributed by atoms with Crippen LogP contribution in [0.3, 0.4) is 0 Å². The third kappa shape index (κ3) is 5.54. The lowest BCUT2D eigenvalue weighted by Crippen LogP contribution is -2.23. The van der Waals surface area contributed by atoms with Crippen LogP contribution < -0.4 is 10.2 Å². The Morgan fingerprint density at radius 1 is 1.09 bits per heavy atom. The second-order valence-electron chi connectivity index (χ2n) is 6.77. The maximum absolute atomic E-state index is 14.2. The Morgan fingerprint density at radius 2 is 1.88 bits per heavy atom. The average Bonchev–Trinajstić information content (AvgIpc) is 3.48. The number of hydrogen-bond acceptors (Lipinski definition) is 7. The molecule has 0 saturated heterocycles. The molecule has 7 nitrogen and oxygen atoms in total. The molecule has 2 amide bonds. The van der Waals surface area contributed by atoms with E-state index in [0.29, 0.717) is 17.4 Å². The van der Waals surface area contributed by atoms with E-state index in [-0.39, 0.29) is 17.5 Å². The van der Waals surface area contributed by atoms with Crippen molar-refractivity contribution in [2.75, 3.05) is 4.90 Å². The van der Waals surface area contributed by atoms with Crippen LogP contribution in [0.15, 0.2) is 65.6 Å². The number of nitrogens with zero attached hydrogens (tertiary/aromatic N) is 4. The summed E-state index contributed by atoms with van der Waals surface area (Å²) in [7, 11) is 0. The Morgan fingerprint density at radius 3 is 2.64 bits per heavy atom. The zero-order chi connectivity index (χ0) is 23.2. The van der Waals surface area contributed by atoms with Crippen LogP contribution in [0.2, 0.25) is 0 Å². The number of pyridine rings is 1. The first-order valence-electron chi connectivity index (χ1n) is 9.83. The number of hydrogen-bond donors (Lipinski definition) is 1. The fourth-order valence-corrected chi connectivity index (χ4v) is 4.52. The summed E-state index contributed by atoms with van der Waals surface area (Å²) >= 11 is 2.64. The molecule has 0 aliphatic heterocycles. The van der Waals surface area contributed by atoms with Crippen molar-refractivity contribution in [3.63, 3.8) is 0 Å². The van der Waals surface area contributed by atoms with Crippen LogP contribution >= 0.6 is 22.7 Å². The summed E-state index contributed by atoms with van der Waals surface area (Å²) in [6.45, 7) is 1.64. The van der Waals surface area contributed by atoms with E-state index in [9.17, 15) is 14.0 Å². The highest BCUT2D eigenvalue weighted by Gasteiger charge is 2.20. The van der Waals surface area contributed by atoms with Gasteiger partial charge in [-0.25, -0.2) is 14.4 Å². The lowest BCUT2D eigenvalue weighted by atomic mass is 10.2. The number of para-hydroxylation sites is 1. The van der Waals surface area contributed by atoms with Crippen LogP contribution in [-0.4, -0.2) is 26.8 Å².